The standard InChI is InChI=1S/C13H17N5/c14-7-11-3-2-6-18(11)13-16-8-10(9-17-13)12-4-1-5-15-12/h1,4-5,8-9,11,15H,2-3,6-7,14H2. The quantitative estimate of drug-likeness (QED) is 0.854. The lowest BCUT2D eigenvalue weighted by atomic mass is 10.2. The third-order valence-corrected chi connectivity index (χ3v) is 3.45. The van der Waals surface area contributed by atoms with Crippen molar-refractivity contribution in [3.05, 3.63) is 30.7 Å². The molecule has 2 aromatic rings. The predicted octanol–water partition coefficient (Wildman–Crippen LogP) is 1.40. The van der Waals surface area contributed by atoms with Gasteiger partial charge in [-0.1, -0.05) is 0 Å². The van der Waals surface area contributed by atoms with Gasteiger partial charge in [-0.15, -0.1) is 0 Å². The second kappa shape index (κ2) is 4.78. The maximum Gasteiger partial charge on any atom is 0.225 e. The van der Waals surface area contributed by atoms with Gasteiger partial charge in [-0.05, 0) is 25.0 Å². The molecular formula is C13H17N5. The number of nitrogens with one attached hydrogen (secondary N) is 1. The molecule has 5 nitrogen and oxygen atoms in total. The molecule has 0 bridgehead atoms. The van der Waals surface area contributed by atoms with E-state index in [4.69, 9.17) is 5.73 Å². The number of hydrogen-bond acceptors (Lipinski definition) is 4. The molecule has 1 fully saturated rings. The molecule has 1 saturated heterocycles. The van der Waals surface area contributed by atoms with E-state index in [1.165, 1.54) is 6.42 Å². The zero-order valence-electron chi connectivity index (χ0n) is 10.2. The first kappa shape index (κ1) is 11.2. The fraction of sp³-hybridized carbons (Fsp3) is 0.385. The van der Waals surface area contributed by atoms with E-state index in [0.717, 1.165) is 30.2 Å². The van der Waals surface area contributed by atoms with Crippen molar-refractivity contribution in [1.82, 2.24) is 15.0 Å². The zero-order chi connectivity index (χ0) is 12.4. The smallest absolute Gasteiger partial charge is 0.225 e. The highest BCUT2D eigenvalue weighted by Crippen LogP contribution is 2.23. The molecule has 1 atom stereocenters. The summed E-state index contributed by atoms with van der Waals surface area (Å²) in [6.45, 7) is 1.67. The van der Waals surface area contributed by atoms with Gasteiger partial charge >= 0.3 is 0 Å². The number of anilines is 1. The monoisotopic (exact) mass is 243 g/mol. The molecular weight excluding hydrogens is 226 g/mol. The second-order valence-electron chi connectivity index (χ2n) is 4.58. The predicted molar refractivity (Wildman–Crippen MR) is 71.2 cm³/mol. The summed E-state index contributed by atoms with van der Waals surface area (Å²) in [4.78, 5) is 14.3. The van der Waals surface area contributed by atoms with Crippen LogP contribution in [0.5, 0.6) is 0 Å². The first-order valence-electron chi connectivity index (χ1n) is 6.31. The lowest BCUT2D eigenvalue weighted by molar-refractivity contribution is 0.664. The number of hydrogen-bond donors (Lipinski definition) is 2. The van der Waals surface area contributed by atoms with Crippen LogP contribution in [0.1, 0.15) is 12.8 Å². The molecule has 1 unspecified atom stereocenters. The SMILES string of the molecule is NCC1CCCN1c1ncc(-c2ccc[nH]2)cn1. The molecule has 0 saturated carbocycles. The largest absolute Gasteiger partial charge is 0.361 e. The zero-order valence-corrected chi connectivity index (χ0v) is 10.2. The Hall–Kier alpha value is -1.88. The first-order valence-corrected chi connectivity index (χ1v) is 6.31. The summed E-state index contributed by atoms with van der Waals surface area (Å²) in [6, 6.07) is 4.37. The number of nitrogens with two attached hydrogens (primary N) is 1. The van der Waals surface area contributed by atoms with Gasteiger partial charge in [-0.2, -0.15) is 0 Å². The van der Waals surface area contributed by atoms with E-state index in [1.807, 2.05) is 30.7 Å². The summed E-state index contributed by atoms with van der Waals surface area (Å²) < 4.78 is 0. The van der Waals surface area contributed by atoms with Crippen LogP contribution in [0.4, 0.5) is 5.95 Å². The molecule has 1 aliphatic rings. The van der Waals surface area contributed by atoms with Gasteiger partial charge in [0.2, 0.25) is 5.95 Å². The van der Waals surface area contributed by atoms with Crippen molar-refractivity contribution in [3.8, 4) is 11.3 Å². The molecule has 0 radical (unpaired) electrons. The van der Waals surface area contributed by atoms with Crippen molar-refractivity contribution in [3.63, 3.8) is 0 Å². The van der Waals surface area contributed by atoms with Crippen LogP contribution in [-0.4, -0.2) is 34.1 Å². The van der Waals surface area contributed by atoms with Gasteiger partial charge in [-0.25, -0.2) is 9.97 Å². The lowest BCUT2D eigenvalue weighted by Crippen LogP contribution is -2.36. The Bertz CT molecular complexity index is 491. The topological polar surface area (TPSA) is 70.8 Å². The van der Waals surface area contributed by atoms with E-state index >= 15 is 0 Å². The summed E-state index contributed by atoms with van der Waals surface area (Å²) in [6.07, 6.45) is 7.93. The van der Waals surface area contributed by atoms with Gasteiger partial charge < -0.3 is 15.6 Å². The maximum atomic E-state index is 5.77. The average molecular weight is 243 g/mol. The van der Waals surface area contributed by atoms with E-state index in [9.17, 15) is 0 Å². The van der Waals surface area contributed by atoms with E-state index in [-0.39, 0.29) is 0 Å². The molecule has 1 aliphatic heterocycles. The van der Waals surface area contributed by atoms with Crippen molar-refractivity contribution in [2.75, 3.05) is 18.0 Å². The molecule has 94 valence electrons. The van der Waals surface area contributed by atoms with Crippen LogP contribution in [0.25, 0.3) is 11.3 Å². The van der Waals surface area contributed by atoms with E-state index in [2.05, 4.69) is 19.9 Å². The summed E-state index contributed by atoms with van der Waals surface area (Å²) in [7, 11) is 0. The van der Waals surface area contributed by atoms with Gasteiger partial charge in [0.15, 0.2) is 0 Å². The van der Waals surface area contributed by atoms with Crippen LogP contribution < -0.4 is 10.6 Å². The van der Waals surface area contributed by atoms with Crippen LogP contribution >= 0.6 is 0 Å². The fourth-order valence-electron chi connectivity index (χ4n) is 2.46. The maximum absolute atomic E-state index is 5.77. The van der Waals surface area contributed by atoms with Crippen LogP contribution in [0.3, 0.4) is 0 Å². The van der Waals surface area contributed by atoms with Gasteiger partial charge in [0.1, 0.15) is 0 Å². The Morgan fingerprint density at radius 3 is 2.89 bits per heavy atom. The molecule has 3 N–H and O–H groups in total. The van der Waals surface area contributed by atoms with Gasteiger partial charge in [-0.3, -0.25) is 0 Å². The van der Waals surface area contributed by atoms with Gasteiger partial charge in [0.05, 0.1) is 0 Å². The second-order valence-corrected chi connectivity index (χ2v) is 4.58. The summed E-state index contributed by atoms with van der Waals surface area (Å²) >= 11 is 0. The average Bonchev–Trinajstić information content (AvgIpc) is 3.10. The Kier molecular flexibility index (Phi) is 2.98. The summed E-state index contributed by atoms with van der Waals surface area (Å²) in [5.41, 5.74) is 7.81. The molecule has 5 heteroatoms. The Morgan fingerprint density at radius 2 is 2.22 bits per heavy atom. The number of rotatable bonds is 3. The molecule has 18 heavy (non-hydrogen) atoms. The van der Waals surface area contributed by atoms with Gasteiger partial charge in [0, 0.05) is 49.0 Å². The Morgan fingerprint density at radius 1 is 1.39 bits per heavy atom. The minimum absolute atomic E-state index is 0.390. The molecule has 0 spiro atoms. The number of aromatic nitrogens is 3. The van der Waals surface area contributed by atoms with Crippen molar-refractivity contribution < 1.29 is 0 Å². The third kappa shape index (κ3) is 1.97. The third-order valence-electron chi connectivity index (χ3n) is 3.45. The van der Waals surface area contributed by atoms with Crippen LogP contribution in [0.2, 0.25) is 0 Å². The highest BCUT2D eigenvalue weighted by molar-refractivity contribution is 5.57. The number of nitrogens with zero attached hydrogens (tertiary/aromatic N) is 3. The Labute approximate surface area is 106 Å². The fourth-order valence-corrected chi connectivity index (χ4v) is 2.46. The molecule has 3 heterocycles. The van der Waals surface area contributed by atoms with Gasteiger partial charge in [0.25, 0.3) is 0 Å². The normalized spacial score (nSPS) is 19.4. The van der Waals surface area contributed by atoms with Crippen LogP contribution in [0.15, 0.2) is 30.7 Å². The highest BCUT2D eigenvalue weighted by Gasteiger charge is 2.25. The molecule has 0 amide bonds. The van der Waals surface area contributed by atoms with Crippen molar-refractivity contribution >= 4 is 5.95 Å². The van der Waals surface area contributed by atoms with E-state index in [1.54, 1.807) is 0 Å². The first-order chi connectivity index (χ1) is 8.88. The summed E-state index contributed by atoms with van der Waals surface area (Å²) in [5, 5.41) is 0. The number of H-pyrrole nitrogens is 1. The van der Waals surface area contributed by atoms with Crippen LogP contribution in [-0.2, 0) is 0 Å². The number of aromatic amines is 1. The van der Waals surface area contributed by atoms with E-state index in [0.29, 0.717) is 12.6 Å². The minimum atomic E-state index is 0.390. The molecule has 0 aromatic carbocycles. The van der Waals surface area contributed by atoms with Crippen molar-refractivity contribution in [1.29, 1.82) is 0 Å². The highest BCUT2D eigenvalue weighted by atomic mass is 15.3. The minimum Gasteiger partial charge on any atom is -0.361 e. The Balaban J connectivity index is 1.83. The van der Waals surface area contributed by atoms with Crippen molar-refractivity contribution in [2.45, 2.75) is 18.9 Å². The van der Waals surface area contributed by atoms with Crippen LogP contribution in [0, 0.1) is 0 Å². The lowest BCUT2D eigenvalue weighted by Gasteiger charge is -2.23. The molecule has 3 rings (SSSR count). The van der Waals surface area contributed by atoms with Crippen molar-refractivity contribution in [2.24, 2.45) is 5.73 Å². The van der Waals surface area contributed by atoms with E-state index < -0.39 is 0 Å². The summed E-state index contributed by atoms with van der Waals surface area (Å²) in [5.74, 6) is 0.790. The molecule has 2 aromatic heterocycles. The molecule has 0 aliphatic carbocycles.